The largest absolute Gasteiger partial charge is 0.314 e. The summed E-state index contributed by atoms with van der Waals surface area (Å²) < 4.78 is 0. The van der Waals surface area contributed by atoms with E-state index in [0.29, 0.717) is 12.0 Å². The summed E-state index contributed by atoms with van der Waals surface area (Å²) in [7, 11) is 0. The van der Waals surface area contributed by atoms with Crippen LogP contribution in [-0.4, -0.2) is 31.1 Å². The Morgan fingerprint density at radius 3 is 2.25 bits per heavy atom. The molecule has 0 saturated carbocycles. The summed E-state index contributed by atoms with van der Waals surface area (Å²) in [5.41, 5.74) is 2.89. The standard InChI is InChI=1S/C20H28N2.2ClH/c1-4-15(2)20(22-13-11-21-12-14-22)19-10-9-16(3)17-7-5-6-8-18(17)19;;/h5-10,15,20-21H,4,11-14H2,1-3H3;2*1H/t15?,20-;;/m1../s1. The van der Waals surface area contributed by atoms with Gasteiger partial charge >= 0.3 is 0 Å². The quantitative estimate of drug-likeness (QED) is 0.817. The first-order valence-corrected chi connectivity index (χ1v) is 8.65. The molecule has 1 N–H and O–H groups in total. The number of piperazine rings is 1. The fourth-order valence-electron chi connectivity index (χ4n) is 3.78. The predicted molar refractivity (Wildman–Crippen MR) is 110 cm³/mol. The van der Waals surface area contributed by atoms with Gasteiger partial charge < -0.3 is 5.32 Å². The Balaban J connectivity index is 0.00000144. The monoisotopic (exact) mass is 368 g/mol. The van der Waals surface area contributed by atoms with Gasteiger partial charge in [-0.3, -0.25) is 4.90 Å². The molecule has 0 bridgehead atoms. The third-order valence-corrected chi connectivity index (χ3v) is 5.22. The number of halogens is 2. The Hall–Kier alpha value is -0.800. The smallest absolute Gasteiger partial charge is 0.0380 e. The Morgan fingerprint density at radius 1 is 1.00 bits per heavy atom. The van der Waals surface area contributed by atoms with E-state index in [1.165, 1.54) is 28.3 Å². The lowest BCUT2D eigenvalue weighted by atomic mass is 9.86. The highest BCUT2D eigenvalue weighted by Crippen LogP contribution is 2.36. The van der Waals surface area contributed by atoms with E-state index >= 15 is 0 Å². The van der Waals surface area contributed by atoms with Crippen molar-refractivity contribution in [1.82, 2.24) is 10.2 Å². The molecule has 3 rings (SSSR count). The lowest BCUT2D eigenvalue weighted by Crippen LogP contribution is -2.46. The molecule has 2 nitrogen and oxygen atoms in total. The first-order valence-electron chi connectivity index (χ1n) is 8.65. The van der Waals surface area contributed by atoms with E-state index in [-0.39, 0.29) is 24.8 Å². The summed E-state index contributed by atoms with van der Waals surface area (Å²) in [6.45, 7) is 11.5. The fourth-order valence-corrected chi connectivity index (χ4v) is 3.78. The van der Waals surface area contributed by atoms with Crippen LogP contribution in [0.1, 0.15) is 37.4 Å². The molecular weight excluding hydrogens is 339 g/mol. The topological polar surface area (TPSA) is 15.3 Å². The molecule has 2 aromatic carbocycles. The van der Waals surface area contributed by atoms with Gasteiger partial charge in [0.1, 0.15) is 0 Å². The van der Waals surface area contributed by atoms with Gasteiger partial charge in [0.25, 0.3) is 0 Å². The Bertz CT molecular complexity index is 639. The van der Waals surface area contributed by atoms with Crippen LogP contribution in [0, 0.1) is 12.8 Å². The zero-order chi connectivity index (χ0) is 15.5. The lowest BCUT2D eigenvalue weighted by molar-refractivity contribution is 0.129. The van der Waals surface area contributed by atoms with Gasteiger partial charge in [0.15, 0.2) is 0 Å². The third-order valence-electron chi connectivity index (χ3n) is 5.22. The van der Waals surface area contributed by atoms with Crippen LogP contribution in [0.25, 0.3) is 10.8 Å². The van der Waals surface area contributed by atoms with Crippen molar-refractivity contribution in [3.05, 3.63) is 47.5 Å². The molecule has 0 aliphatic carbocycles. The maximum atomic E-state index is 3.48. The molecule has 134 valence electrons. The fraction of sp³-hybridized carbons (Fsp3) is 0.500. The molecule has 2 aromatic rings. The molecule has 1 saturated heterocycles. The van der Waals surface area contributed by atoms with E-state index in [1.54, 1.807) is 0 Å². The van der Waals surface area contributed by atoms with Crippen molar-refractivity contribution in [2.45, 2.75) is 33.2 Å². The summed E-state index contributed by atoms with van der Waals surface area (Å²) in [5, 5.41) is 6.32. The highest BCUT2D eigenvalue weighted by atomic mass is 35.5. The van der Waals surface area contributed by atoms with Crippen molar-refractivity contribution in [1.29, 1.82) is 0 Å². The maximum absolute atomic E-state index is 3.48. The second-order valence-electron chi connectivity index (χ2n) is 6.63. The number of nitrogens with zero attached hydrogens (tertiary/aromatic N) is 1. The number of nitrogens with one attached hydrogen (secondary N) is 1. The first-order chi connectivity index (χ1) is 10.7. The molecule has 4 heteroatoms. The molecule has 0 amide bonds. The van der Waals surface area contributed by atoms with Crippen LogP contribution >= 0.6 is 24.8 Å². The van der Waals surface area contributed by atoms with Gasteiger partial charge in [0.2, 0.25) is 0 Å². The van der Waals surface area contributed by atoms with Gasteiger partial charge in [-0.2, -0.15) is 0 Å². The van der Waals surface area contributed by atoms with E-state index in [4.69, 9.17) is 0 Å². The minimum absolute atomic E-state index is 0. The van der Waals surface area contributed by atoms with Crippen molar-refractivity contribution >= 4 is 35.6 Å². The molecule has 2 atom stereocenters. The van der Waals surface area contributed by atoms with Crippen molar-refractivity contribution in [2.75, 3.05) is 26.2 Å². The second-order valence-corrected chi connectivity index (χ2v) is 6.63. The average Bonchev–Trinajstić information content (AvgIpc) is 2.58. The summed E-state index contributed by atoms with van der Waals surface area (Å²) in [6.07, 6.45) is 1.22. The summed E-state index contributed by atoms with van der Waals surface area (Å²) >= 11 is 0. The molecule has 1 aliphatic heterocycles. The van der Waals surface area contributed by atoms with Gasteiger partial charge in [0.05, 0.1) is 0 Å². The SMILES string of the molecule is CCC(C)[C@H](c1ccc(C)c2ccccc12)N1CCNCC1.Cl.Cl. The average molecular weight is 369 g/mol. The molecule has 1 heterocycles. The summed E-state index contributed by atoms with van der Waals surface area (Å²) in [5.74, 6) is 0.671. The number of benzene rings is 2. The Morgan fingerprint density at radius 2 is 1.62 bits per heavy atom. The number of hydrogen-bond acceptors (Lipinski definition) is 2. The lowest BCUT2D eigenvalue weighted by Gasteiger charge is -2.39. The predicted octanol–water partition coefficient (Wildman–Crippen LogP) is 4.98. The zero-order valence-electron chi connectivity index (χ0n) is 14.9. The molecule has 1 aliphatic rings. The molecule has 0 aromatic heterocycles. The zero-order valence-corrected chi connectivity index (χ0v) is 16.6. The minimum Gasteiger partial charge on any atom is -0.314 e. The Labute approximate surface area is 158 Å². The number of hydrogen-bond donors (Lipinski definition) is 1. The number of rotatable bonds is 4. The van der Waals surface area contributed by atoms with Crippen LogP contribution in [0.5, 0.6) is 0 Å². The van der Waals surface area contributed by atoms with Crippen LogP contribution in [0.15, 0.2) is 36.4 Å². The van der Waals surface area contributed by atoms with Crippen LogP contribution in [-0.2, 0) is 0 Å². The maximum Gasteiger partial charge on any atom is 0.0380 e. The first kappa shape index (κ1) is 21.2. The van der Waals surface area contributed by atoms with E-state index in [0.717, 1.165) is 26.2 Å². The van der Waals surface area contributed by atoms with Crippen LogP contribution in [0.3, 0.4) is 0 Å². The Kier molecular flexibility index (Phi) is 8.52. The van der Waals surface area contributed by atoms with E-state index in [9.17, 15) is 0 Å². The van der Waals surface area contributed by atoms with E-state index < -0.39 is 0 Å². The molecular formula is C20H30Cl2N2. The molecule has 0 radical (unpaired) electrons. The van der Waals surface area contributed by atoms with E-state index in [2.05, 4.69) is 67.4 Å². The van der Waals surface area contributed by atoms with Crippen molar-refractivity contribution in [3.63, 3.8) is 0 Å². The summed E-state index contributed by atoms with van der Waals surface area (Å²) in [4.78, 5) is 2.68. The van der Waals surface area contributed by atoms with Gasteiger partial charge in [-0.25, -0.2) is 0 Å². The van der Waals surface area contributed by atoms with E-state index in [1.807, 2.05) is 0 Å². The normalized spacial score (nSPS) is 17.6. The van der Waals surface area contributed by atoms with Crippen LogP contribution in [0.2, 0.25) is 0 Å². The van der Waals surface area contributed by atoms with Crippen LogP contribution in [0.4, 0.5) is 0 Å². The van der Waals surface area contributed by atoms with Gasteiger partial charge in [-0.05, 0) is 34.7 Å². The second kappa shape index (κ2) is 9.62. The highest BCUT2D eigenvalue weighted by molar-refractivity contribution is 5.89. The van der Waals surface area contributed by atoms with Gasteiger partial charge in [-0.1, -0.05) is 56.7 Å². The third kappa shape index (κ3) is 4.23. The van der Waals surface area contributed by atoms with Gasteiger partial charge in [-0.15, -0.1) is 24.8 Å². The minimum atomic E-state index is 0. The highest BCUT2D eigenvalue weighted by Gasteiger charge is 2.27. The molecule has 24 heavy (non-hydrogen) atoms. The molecule has 1 fully saturated rings. The van der Waals surface area contributed by atoms with Crippen molar-refractivity contribution in [3.8, 4) is 0 Å². The molecule has 0 spiro atoms. The van der Waals surface area contributed by atoms with Crippen molar-refractivity contribution < 1.29 is 0 Å². The summed E-state index contributed by atoms with van der Waals surface area (Å²) in [6, 6.07) is 14.1. The van der Waals surface area contributed by atoms with Gasteiger partial charge in [0, 0.05) is 32.2 Å². The van der Waals surface area contributed by atoms with Crippen LogP contribution < -0.4 is 5.32 Å². The number of fused-ring (bicyclic) bond motifs is 1. The van der Waals surface area contributed by atoms with Crippen molar-refractivity contribution in [2.24, 2.45) is 5.92 Å². The number of aryl methyl sites for hydroxylation is 1. The molecule has 1 unspecified atom stereocenters.